The van der Waals surface area contributed by atoms with Gasteiger partial charge < -0.3 is 20.0 Å². The normalized spacial score (nSPS) is 21.0. The van der Waals surface area contributed by atoms with Gasteiger partial charge in [0.1, 0.15) is 11.3 Å². The zero-order valence-electron chi connectivity index (χ0n) is 14.9. The van der Waals surface area contributed by atoms with E-state index in [0.717, 1.165) is 35.8 Å². The lowest BCUT2D eigenvalue weighted by Crippen LogP contribution is -2.44. The topological polar surface area (TPSA) is 52.8 Å². The van der Waals surface area contributed by atoms with Crippen LogP contribution < -0.4 is 10.6 Å². The molecule has 3 rings (SSSR count). The number of nitrogens with one attached hydrogen (secondary N) is 2. The molecule has 2 atom stereocenters. The fraction of sp³-hybridized carbons (Fsp3) is 0.526. The summed E-state index contributed by atoms with van der Waals surface area (Å²) in [7, 11) is 4.01. The lowest BCUT2D eigenvalue weighted by Gasteiger charge is -2.30. The van der Waals surface area contributed by atoms with Gasteiger partial charge in [-0.15, -0.1) is 0 Å². The number of guanidine groups is 1. The average Bonchev–Trinajstić information content (AvgIpc) is 3.03. The van der Waals surface area contributed by atoms with E-state index in [1.807, 2.05) is 25.2 Å². The number of piperidine rings is 1. The van der Waals surface area contributed by atoms with Crippen molar-refractivity contribution >= 4 is 16.9 Å². The van der Waals surface area contributed by atoms with E-state index < -0.39 is 0 Å². The summed E-state index contributed by atoms with van der Waals surface area (Å²) in [6, 6.07) is 10.3. The van der Waals surface area contributed by atoms with Crippen LogP contribution >= 0.6 is 0 Å². The summed E-state index contributed by atoms with van der Waals surface area (Å²) in [4.78, 5) is 6.76. The van der Waals surface area contributed by atoms with Crippen LogP contribution in [-0.2, 0) is 0 Å². The molecule has 5 heteroatoms. The van der Waals surface area contributed by atoms with E-state index in [4.69, 9.17) is 4.42 Å². The zero-order valence-corrected chi connectivity index (χ0v) is 14.9. The van der Waals surface area contributed by atoms with Crippen molar-refractivity contribution in [3.63, 3.8) is 0 Å². The second-order valence-electron chi connectivity index (χ2n) is 6.78. The van der Waals surface area contributed by atoms with Gasteiger partial charge in [0.05, 0.1) is 6.04 Å². The predicted molar refractivity (Wildman–Crippen MR) is 99.3 cm³/mol. The van der Waals surface area contributed by atoms with Gasteiger partial charge in [0.25, 0.3) is 0 Å². The van der Waals surface area contributed by atoms with Crippen LogP contribution in [0.15, 0.2) is 39.7 Å². The molecule has 1 saturated heterocycles. The van der Waals surface area contributed by atoms with Gasteiger partial charge in [-0.2, -0.15) is 0 Å². The van der Waals surface area contributed by atoms with E-state index >= 15 is 0 Å². The Kier molecular flexibility index (Phi) is 5.41. The van der Waals surface area contributed by atoms with E-state index in [9.17, 15) is 0 Å². The largest absolute Gasteiger partial charge is 0.459 e. The Labute approximate surface area is 144 Å². The van der Waals surface area contributed by atoms with E-state index in [0.29, 0.717) is 5.92 Å². The minimum Gasteiger partial charge on any atom is -0.459 e. The van der Waals surface area contributed by atoms with Crippen molar-refractivity contribution in [3.8, 4) is 0 Å². The highest BCUT2D eigenvalue weighted by atomic mass is 16.3. The van der Waals surface area contributed by atoms with Crippen LogP contribution in [0.25, 0.3) is 11.0 Å². The third-order valence-electron chi connectivity index (χ3n) is 4.73. The highest BCUT2D eigenvalue weighted by Crippen LogP contribution is 2.23. The molecule has 24 heavy (non-hydrogen) atoms. The van der Waals surface area contributed by atoms with Crippen molar-refractivity contribution < 1.29 is 4.42 Å². The minimum atomic E-state index is 0.0672. The quantitative estimate of drug-likeness (QED) is 0.669. The number of hydrogen-bond acceptors (Lipinski definition) is 3. The van der Waals surface area contributed by atoms with Crippen LogP contribution in [0, 0.1) is 5.92 Å². The Morgan fingerprint density at radius 2 is 2.25 bits per heavy atom. The monoisotopic (exact) mass is 328 g/mol. The molecule has 1 aromatic heterocycles. The van der Waals surface area contributed by atoms with Gasteiger partial charge >= 0.3 is 0 Å². The number of nitrogens with zero attached hydrogens (tertiary/aromatic N) is 2. The van der Waals surface area contributed by atoms with Crippen LogP contribution in [0.2, 0.25) is 0 Å². The molecule has 2 unspecified atom stereocenters. The van der Waals surface area contributed by atoms with Crippen LogP contribution in [0.3, 0.4) is 0 Å². The van der Waals surface area contributed by atoms with E-state index in [1.54, 1.807) is 0 Å². The molecule has 1 aliphatic rings. The summed E-state index contributed by atoms with van der Waals surface area (Å²) in [5.74, 6) is 2.44. The highest BCUT2D eigenvalue weighted by Gasteiger charge is 2.18. The third kappa shape index (κ3) is 4.09. The summed E-state index contributed by atoms with van der Waals surface area (Å²) < 4.78 is 5.93. The molecule has 130 valence electrons. The second-order valence-corrected chi connectivity index (χ2v) is 6.78. The van der Waals surface area contributed by atoms with Gasteiger partial charge in [-0.3, -0.25) is 4.99 Å². The summed E-state index contributed by atoms with van der Waals surface area (Å²) in [5.41, 5.74) is 0.925. The molecule has 1 aromatic carbocycles. The number of benzene rings is 1. The van der Waals surface area contributed by atoms with Crippen molar-refractivity contribution in [1.29, 1.82) is 0 Å². The maximum atomic E-state index is 5.93. The van der Waals surface area contributed by atoms with Crippen LogP contribution in [0.1, 0.15) is 31.6 Å². The molecule has 1 fully saturated rings. The summed E-state index contributed by atoms with van der Waals surface area (Å²) in [6.07, 6.45) is 2.57. The molecule has 0 aliphatic carbocycles. The zero-order chi connectivity index (χ0) is 16.9. The molecule has 2 aromatic rings. The number of furan rings is 1. The van der Waals surface area contributed by atoms with Crippen molar-refractivity contribution in [3.05, 3.63) is 36.1 Å². The molecule has 0 saturated carbocycles. The standard InChI is InChI=1S/C19H28N4O/c1-14(18-11-16-8-4-5-9-17(16)24-18)22-19(20-2)21-12-15-7-6-10-23(3)13-15/h4-5,8-9,11,14-15H,6-7,10,12-13H2,1-3H3,(H2,20,21,22). The van der Waals surface area contributed by atoms with E-state index in [-0.39, 0.29) is 6.04 Å². The third-order valence-corrected chi connectivity index (χ3v) is 4.73. The molecular formula is C19H28N4O. The molecule has 0 bridgehead atoms. The first-order chi connectivity index (χ1) is 11.7. The number of fused-ring (bicyclic) bond motifs is 1. The highest BCUT2D eigenvalue weighted by molar-refractivity contribution is 5.81. The van der Waals surface area contributed by atoms with E-state index in [1.165, 1.54) is 19.4 Å². The fourth-order valence-corrected chi connectivity index (χ4v) is 3.37. The second kappa shape index (κ2) is 7.71. The Morgan fingerprint density at radius 1 is 1.42 bits per heavy atom. The molecule has 0 amide bonds. The molecule has 0 spiro atoms. The molecule has 1 aliphatic heterocycles. The molecule has 0 radical (unpaired) electrons. The van der Waals surface area contributed by atoms with Crippen molar-refractivity contribution in [1.82, 2.24) is 15.5 Å². The Balaban J connectivity index is 1.56. The molecule has 5 nitrogen and oxygen atoms in total. The van der Waals surface area contributed by atoms with Crippen LogP contribution in [0.4, 0.5) is 0 Å². The van der Waals surface area contributed by atoms with Gasteiger partial charge in [-0.1, -0.05) is 18.2 Å². The smallest absolute Gasteiger partial charge is 0.191 e. The lowest BCUT2D eigenvalue weighted by molar-refractivity contribution is 0.210. The minimum absolute atomic E-state index is 0.0672. The van der Waals surface area contributed by atoms with Gasteiger partial charge in [0.2, 0.25) is 0 Å². The first kappa shape index (κ1) is 16.8. The number of rotatable bonds is 4. The Bertz CT molecular complexity index is 660. The van der Waals surface area contributed by atoms with E-state index in [2.05, 4.69) is 46.6 Å². The number of likely N-dealkylation sites (tertiary alicyclic amines) is 1. The number of para-hydroxylation sites is 1. The SMILES string of the molecule is CN=C(NCC1CCCN(C)C1)NC(C)c1cc2ccccc2o1. The Hall–Kier alpha value is -2.01. The Morgan fingerprint density at radius 3 is 3.00 bits per heavy atom. The molecule has 2 N–H and O–H groups in total. The van der Waals surface area contributed by atoms with Gasteiger partial charge in [0.15, 0.2) is 5.96 Å². The van der Waals surface area contributed by atoms with Gasteiger partial charge in [0, 0.05) is 25.5 Å². The number of hydrogen-bond donors (Lipinski definition) is 2. The first-order valence-corrected chi connectivity index (χ1v) is 8.80. The summed E-state index contributed by atoms with van der Waals surface area (Å²) in [6.45, 7) is 5.42. The van der Waals surface area contributed by atoms with Crippen molar-refractivity contribution in [2.75, 3.05) is 33.7 Å². The van der Waals surface area contributed by atoms with Gasteiger partial charge in [-0.25, -0.2) is 0 Å². The van der Waals surface area contributed by atoms with Gasteiger partial charge in [-0.05, 0) is 51.4 Å². The average molecular weight is 328 g/mol. The molecule has 2 heterocycles. The maximum Gasteiger partial charge on any atom is 0.191 e. The predicted octanol–water partition coefficient (Wildman–Crippen LogP) is 3.00. The van der Waals surface area contributed by atoms with Crippen molar-refractivity contribution in [2.45, 2.75) is 25.8 Å². The maximum absolute atomic E-state index is 5.93. The first-order valence-electron chi connectivity index (χ1n) is 8.80. The molecular weight excluding hydrogens is 300 g/mol. The van der Waals surface area contributed by atoms with Crippen molar-refractivity contribution in [2.24, 2.45) is 10.9 Å². The fourth-order valence-electron chi connectivity index (χ4n) is 3.37. The summed E-state index contributed by atoms with van der Waals surface area (Å²) >= 11 is 0. The summed E-state index contributed by atoms with van der Waals surface area (Å²) in [5, 5.41) is 8.02. The van der Waals surface area contributed by atoms with Crippen LogP contribution in [0.5, 0.6) is 0 Å². The lowest BCUT2D eigenvalue weighted by atomic mass is 9.99. The van der Waals surface area contributed by atoms with Crippen LogP contribution in [-0.4, -0.2) is 44.6 Å². The number of aliphatic imine (C=N–C) groups is 1.